The van der Waals surface area contributed by atoms with E-state index in [0.717, 1.165) is 30.5 Å². The summed E-state index contributed by atoms with van der Waals surface area (Å²) in [5.41, 5.74) is 9.64. The molecule has 0 bridgehead atoms. The summed E-state index contributed by atoms with van der Waals surface area (Å²) in [7, 11) is 0. The molecule has 0 atom stereocenters. The molecule has 5 heteroatoms. The van der Waals surface area contributed by atoms with Crippen LogP contribution in [0.5, 0.6) is 5.75 Å². The van der Waals surface area contributed by atoms with Gasteiger partial charge in [0, 0.05) is 5.02 Å². The Kier molecular flexibility index (Phi) is 7.77. The molecule has 2 aromatic carbocycles. The van der Waals surface area contributed by atoms with Gasteiger partial charge in [-0.1, -0.05) is 67.8 Å². The molecule has 0 spiro atoms. The average Bonchev–Trinajstić information content (AvgIpc) is 3.19. The number of para-hydroxylation sites is 1. The summed E-state index contributed by atoms with van der Waals surface area (Å²) in [5, 5.41) is 0.684. The predicted octanol–water partition coefficient (Wildman–Crippen LogP) is 5.95. The van der Waals surface area contributed by atoms with Gasteiger partial charge in [0.15, 0.2) is 0 Å². The largest absolute Gasteiger partial charge is 0.488 e. The first-order valence-electron chi connectivity index (χ1n) is 10.1. The van der Waals surface area contributed by atoms with Crippen LogP contribution < -0.4 is 15.6 Å². The summed E-state index contributed by atoms with van der Waals surface area (Å²) in [4.78, 5) is 12.7. The third-order valence-electron chi connectivity index (χ3n) is 4.83. The Hall–Kier alpha value is -2.72. The van der Waals surface area contributed by atoms with Gasteiger partial charge in [0.2, 0.25) is 0 Å². The fourth-order valence-electron chi connectivity index (χ4n) is 3.21. The lowest BCUT2D eigenvalue weighted by Crippen LogP contribution is -2.37. The van der Waals surface area contributed by atoms with Crippen molar-refractivity contribution in [2.75, 3.05) is 0 Å². The van der Waals surface area contributed by atoms with E-state index in [1.165, 1.54) is 18.4 Å². The van der Waals surface area contributed by atoms with Gasteiger partial charge < -0.3 is 4.74 Å². The average molecular weight is 411 g/mol. The molecule has 0 radical (unpaired) electrons. The number of carbonyl (C=O) groups excluding carboxylic acids is 1. The van der Waals surface area contributed by atoms with Crippen molar-refractivity contribution in [2.45, 2.75) is 45.6 Å². The molecular weight excluding hydrogens is 384 g/mol. The van der Waals surface area contributed by atoms with Crippen LogP contribution in [0.2, 0.25) is 5.02 Å². The van der Waals surface area contributed by atoms with Crippen LogP contribution in [-0.4, -0.2) is 5.91 Å². The van der Waals surface area contributed by atoms with Crippen molar-refractivity contribution < 1.29 is 9.53 Å². The molecule has 4 nitrogen and oxygen atoms in total. The van der Waals surface area contributed by atoms with Gasteiger partial charge in [0.25, 0.3) is 5.91 Å². The number of nitrogens with one attached hydrogen (secondary N) is 2. The number of allylic oxidation sites excluding steroid dienone is 3. The molecule has 1 amide bonds. The Morgan fingerprint density at radius 1 is 1.07 bits per heavy atom. The number of rotatable bonds is 10. The number of benzene rings is 2. The van der Waals surface area contributed by atoms with Crippen molar-refractivity contribution in [2.24, 2.45) is 0 Å². The summed E-state index contributed by atoms with van der Waals surface area (Å²) in [6, 6.07) is 14.7. The van der Waals surface area contributed by atoms with E-state index in [0.29, 0.717) is 22.9 Å². The van der Waals surface area contributed by atoms with E-state index in [-0.39, 0.29) is 5.91 Å². The van der Waals surface area contributed by atoms with Gasteiger partial charge in [-0.15, -0.1) is 0 Å². The highest BCUT2D eigenvalue weighted by molar-refractivity contribution is 6.30. The van der Waals surface area contributed by atoms with Crippen LogP contribution in [0.3, 0.4) is 0 Å². The van der Waals surface area contributed by atoms with Crippen LogP contribution in [0.1, 0.15) is 54.9 Å². The molecule has 1 aliphatic carbocycles. The number of ether oxygens (including phenoxy) is 1. The zero-order valence-electron chi connectivity index (χ0n) is 16.7. The highest BCUT2D eigenvalue weighted by Gasteiger charge is 2.15. The van der Waals surface area contributed by atoms with Crippen LogP contribution in [0.4, 0.5) is 0 Å². The molecule has 3 rings (SSSR count). The van der Waals surface area contributed by atoms with E-state index in [9.17, 15) is 4.79 Å². The molecule has 0 heterocycles. The molecule has 2 aromatic rings. The highest BCUT2D eigenvalue weighted by Crippen LogP contribution is 2.23. The number of halogens is 1. The number of hydrogen-bond acceptors (Lipinski definition) is 3. The Labute approximate surface area is 177 Å². The summed E-state index contributed by atoms with van der Waals surface area (Å²) in [6.45, 7) is 2.56. The molecule has 29 heavy (non-hydrogen) atoms. The summed E-state index contributed by atoms with van der Waals surface area (Å²) >= 11 is 5.92. The summed E-state index contributed by atoms with van der Waals surface area (Å²) in [5.74, 6) is 0.318. The van der Waals surface area contributed by atoms with Gasteiger partial charge in [-0.05, 0) is 54.7 Å². The topological polar surface area (TPSA) is 50.4 Å². The van der Waals surface area contributed by atoms with E-state index in [1.807, 2.05) is 36.4 Å². The maximum absolute atomic E-state index is 12.7. The van der Waals surface area contributed by atoms with Gasteiger partial charge in [0.1, 0.15) is 12.4 Å². The van der Waals surface area contributed by atoms with E-state index in [4.69, 9.17) is 16.3 Å². The van der Waals surface area contributed by atoms with Crippen LogP contribution >= 0.6 is 11.6 Å². The van der Waals surface area contributed by atoms with Crippen molar-refractivity contribution in [3.63, 3.8) is 0 Å². The second-order valence-electron chi connectivity index (χ2n) is 7.03. The fraction of sp³-hybridized carbons (Fsp3) is 0.292. The maximum atomic E-state index is 12.7. The van der Waals surface area contributed by atoms with E-state index >= 15 is 0 Å². The fourth-order valence-corrected chi connectivity index (χ4v) is 3.33. The maximum Gasteiger partial charge on any atom is 0.273 e. The van der Waals surface area contributed by atoms with Gasteiger partial charge in [-0.25, -0.2) is 0 Å². The van der Waals surface area contributed by atoms with Crippen molar-refractivity contribution in [3.05, 3.63) is 88.1 Å². The normalized spacial score (nSPS) is 12.9. The Morgan fingerprint density at radius 2 is 1.86 bits per heavy atom. The first-order valence-corrected chi connectivity index (χ1v) is 10.5. The van der Waals surface area contributed by atoms with Crippen LogP contribution in [0.15, 0.2) is 72.0 Å². The first kappa shape index (κ1) is 21.0. The first-order chi connectivity index (χ1) is 14.2. The van der Waals surface area contributed by atoms with Crippen molar-refractivity contribution >= 4 is 17.5 Å². The number of hydrogen-bond donors (Lipinski definition) is 2. The molecule has 0 saturated heterocycles. The number of carbonyl (C=O) groups is 1. The molecule has 0 aliphatic heterocycles. The van der Waals surface area contributed by atoms with Crippen LogP contribution in [0.25, 0.3) is 0 Å². The van der Waals surface area contributed by atoms with Crippen molar-refractivity contribution in [3.8, 4) is 5.75 Å². The predicted molar refractivity (Wildman–Crippen MR) is 118 cm³/mol. The Morgan fingerprint density at radius 3 is 2.66 bits per heavy atom. The third kappa shape index (κ3) is 6.13. The van der Waals surface area contributed by atoms with Crippen LogP contribution in [-0.2, 0) is 6.61 Å². The number of hydrazine groups is 1. The third-order valence-corrected chi connectivity index (χ3v) is 5.08. The number of amides is 1. The minimum Gasteiger partial charge on any atom is -0.488 e. The lowest BCUT2D eigenvalue weighted by Gasteiger charge is -2.15. The standard InChI is InChI=1S/C24H27ClN2O2/c1-2-3-4-8-19-9-7-11-22(19)26-27-24(28)21-10-5-6-12-23(21)29-17-18-13-15-20(25)16-14-18/h5-6,9-16,26H,2-4,7-8,17H2,1H3,(H,27,28). The van der Waals surface area contributed by atoms with Crippen LogP contribution in [0, 0.1) is 0 Å². The highest BCUT2D eigenvalue weighted by atomic mass is 35.5. The van der Waals surface area contributed by atoms with Gasteiger partial charge in [-0.3, -0.25) is 15.6 Å². The molecule has 152 valence electrons. The lowest BCUT2D eigenvalue weighted by molar-refractivity contribution is 0.0934. The smallest absolute Gasteiger partial charge is 0.273 e. The zero-order valence-corrected chi connectivity index (χ0v) is 17.5. The second-order valence-corrected chi connectivity index (χ2v) is 7.47. The molecular formula is C24H27ClN2O2. The monoisotopic (exact) mass is 410 g/mol. The molecule has 1 aliphatic rings. The Bertz CT molecular complexity index is 888. The van der Waals surface area contributed by atoms with Gasteiger partial charge in [-0.2, -0.15) is 0 Å². The Balaban J connectivity index is 1.57. The molecule has 0 fully saturated rings. The zero-order chi connectivity index (χ0) is 20.5. The SMILES string of the molecule is CCCCCC1=CCC=C1NNC(=O)c1ccccc1OCc1ccc(Cl)cc1. The van der Waals surface area contributed by atoms with Gasteiger partial charge in [0.05, 0.1) is 11.3 Å². The van der Waals surface area contributed by atoms with E-state index in [2.05, 4.69) is 29.9 Å². The molecule has 2 N–H and O–H groups in total. The second kappa shape index (κ2) is 10.7. The number of unbranched alkanes of at least 4 members (excludes halogenated alkanes) is 2. The van der Waals surface area contributed by atoms with E-state index < -0.39 is 0 Å². The van der Waals surface area contributed by atoms with Crippen molar-refractivity contribution in [1.29, 1.82) is 0 Å². The van der Waals surface area contributed by atoms with Gasteiger partial charge >= 0.3 is 0 Å². The minimum absolute atomic E-state index is 0.225. The molecule has 0 unspecified atom stereocenters. The molecule has 0 saturated carbocycles. The quantitative estimate of drug-likeness (QED) is 0.376. The molecule has 0 aromatic heterocycles. The summed E-state index contributed by atoms with van der Waals surface area (Å²) < 4.78 is 5.88. The summed E-state index contributed by atoms with van der Waals surface area (Å²) in [6.07, 6.45) is 9.83. The lowest BCUT2D eigenvalue weighted by atomic mass is 10.1. The minimum atomic E-state index is -0.225. The van der Waals surface area contributed by atoms with E-state index in [1.54, 1.807) is 12.1 Å². The van der Waals surface area contributed by atoms with Crippen molar-refractivity contribution in [1.82, 2.24) is 10.9 Å².